The molecule has 2 heterocycles. The molecule has 120 valence electrons. The number of carbonyl (C=O) groups excluding carboxylic acids is 1. The van der Waals surface area contributed by atoms with Crippen LogP contribution in [0.3, 0.4) is 0 Å². The van der Waals surface area contributed by atoms with Gasteiger partial charge in [0.15, 0.2) is 0 Å². The molecule has 0 aromatic rings. The summed E-state index contributed by atoms with van der Waals surface area (Å²) in [6.07, 6.45) is 6.93. The lowest BCUT2D eigenvalue weighted by molar-refractivity contribution is -0.149. The Hall–Kier alpha value is -0.610. The summed E-state index contributed by atoms with van der Waals surface area (Å²) < 4.78 is 0. The van der Waals surface area contributed by atoms with Crippen LogP contribution in [0.25, 0.3) is 0 Å². The second kappa shape index (κ2) is 6.25. The van der Waals surface area contributed by atoms with E-state index in [1.165, 1.54) is 19.3 Å². The topological polar surface area (TPSA) is 43.8 Å². The van der Waals surface area contributed by atoms with E-state index in [1.54, 1.807) is 0 Å². The fourth-order valence-electron chi connectivity index (χ4n) is 4.46. The van der Waals surface area contributed by atoms with Crippen molar-refractivity contribution in [2.45, 2.75) is 70.5 Å². The third-order valence-electron chi connectivity index (χ3n) is 6.00. The maximum absolute atomic E-state index is 12.4. The van der Waals surface area contributed by atoms with Crippen LogP contribution >= 0.6 is 0 Å². The van der Waals surface area contributed by atoms with Crippen LogP contribution in [0.2, 0.25) is 0 Å². The van der Waals surface area contributed by atoms with Crippen LogP contribution in [0.1, 0.15) is 52.4 Å². The maximum atomic E-state index is 12.4. The molecule has 1 amide bonds. The molecule has 1 N–H and O–H groups in total. The molecule has 0 aromatic heterocycles. The molecule has 0 spiro atoms. The molecule has 2 saturated heterocycles. The highest BCUT2D eigenvalue weighted by Gasteiger charge is 2.44. The first-order valence-corrected chi connectivity index (χ1v) is 8.78. The van der Waals surface area contributed by atoms with Crippen LogP contribution in [0.4, 0.5) is 0 Å². The Labute approximate surface area is 128 Å². The molecule has 2 aliphatic heterocycles. The first-order valence-electron chi connectivity index (χ1n) is 8.78. The fourth-order valence-corrected chi connectivity index (χ4v) is 4.46. The molecule has 1 aliphatic carbocycles. The minimum absolute atomic E-state index is 0.000512. The molecule has 1 saturated carbocycles. The van der Waals surface area contributed by atoms with Gasteiger partial charge < -0.3 is 10.0 Å². The van der Waals surface area contributed by atoms with Crippen molar-refractivity contribution in [2.75, 3.05) is 19.7 Å². The Morgan fingerprint density at radius 2 is 2.00 bits per heavy atom. The molecule has 3 atom stereocenters. The van der Waals surface area contributed by atoms with Gasteiger partial charge in [0.05, 0.1) is 12.6 Å². The van der Waals surface area contributed by atoms with Gasteiger partial charge in [0, 0.05) is 31.6 Å². The van der Waals surface area contributed by atoms with Gasteiger partial charge in [-0.25, -0.2) is 0 Å². The van der Waals surface area contributed by atoms with Crippen LogP contribution in [-0.2, 0) is 4.79 Å². The predicted octanol–water partition coefficient (Wildman–Crippen LogP) is 1.87. The monoisotopic (exact) mass is 294 g/mol. The predicted molar refractivity (Wildman–Crippen MR) is 82.9 cm³/mol. The number of likely N-dealkylation sites (tertiary alicyclic amines) is 2. The molecule has 0 radical (unpaired) electrons. The molecule has 0 unspecified atom stereocenters. The summed E-state index contributed by atoms with van der Waals surface area (Å²) in [5, 5.41) is 9.74. The van der Waals surface area contributed by atoms with Crippen LogP contribution in [0.5, 0.6) is 0 Å². The lowest BCUT2D eigenvalue weighted by Crippen LogP contribution is -2.62. The number of nitrogens with zero attached hydrogens (tertiary/aromatic N) is 2. The summed E-state index contributed by atoms with van der Waals surface area (Å²) in [7, 11) is 0. The quantitative estimate of drug-likeness (QED) is 0.861. The lowest BCUT2D eigenvalue weighted by atomic mass is 9.79. The van der Waals surface area contributed by atoms with Crippen molar-refractivity contribution < 1.29 is 9.90 Å². The number of aliphatic hydroxyl groups is 1. The molecular formula is C17H30N2O2. The zero-order valence-electron chi connectivity index (χ0n) is 13.5. The molecule has 3 rings (SSSR count). The number of carbonyl (C=O) groups is 1. The van der Waals surface area contributed by atoms with Crippen LogP contribution in [0.15, 0.2) is 0 Å². The van der Waals surface area contributed by atoms with Crippen LogP contribution in [0, 0.1) is 11.8 Å². The summed E-state index contributed by atoms with van der Waals surface area (Å²) in [5.41, 5.74) is 0. The van der Waals surface area contributed by atoms with Gasteiger partial charge in [-0.05, 0) is 37.5 Å². The minimum Gasteiger partial charge on any atom is -0.394 e. The van der Waals surface area contributed by atoms with Crippen molar-refractivity contribution in [1.82, 2.24) is 9.80 Å². The molecule has 3 fully saturated rings. The van der Waals surface area contributed by atoms with Gasteiger partial charge in [0.2, 0.25) is 5.91 Å². The van der Waals surface area contributed by atoms with Gasteiger partial charge >= 0.3 is 0 Å². The molecular weight excluding hydrogens is 264 g/mol. The summed E-state index contributed by atoms with van der Waals surface area (Å²) in [4.78, 5) is 17.2. The third-order valence-corrected chi connectivity index (χ3v) is 6.00. The summed E-state index contributed by atoms with van der Waals surface area (Å²) >= 11 is 0. The third kappa shape index (κ3) is 2.85. The Morgan fingerprint density at radius 1 is 1.24 bits per heavy atom. The summed E-state index contributed by atoms with van der Waals surface area (Å²) in [6, 6.07) is 1.18. The largest absolute Gasteiger partial charge is 0.394 e. The lowest BCUT2D eigenvalue weighted by Gasteiger charge is -2.52. The van der Waals surface area contributed by atoms with E-state index in [2.05, 4.69) is 23.6 Å². The molecule has 0 bridgehead atoms. The number of hydrogen-bond donors (Lipinski definition) is 1. The molecule has 0 aromatic carbocycles. The number of piperidine rings is 2. The van der Waals surface area contributed by atoms with Crippen molar-refractivity contribution in [3.8, 4) is 0 Å². The molecule has 4 nitrogen and oxygen atoms in total. The molecule has 21 heavy (non-hydrogen) atoms. The standard InChI is InChI=1S/C17H30N2O2/c1-12(2)16(11-20)19-15-8-9-18(14-4-3-5-14)10-13(15)6-7-17(19)21/h12-16,20H,3-11H2,1-2H3/t13-,15+,16-/m1/s1. The number of fused-ring (bicyclic) bond motifs is 1. The average molecular weight is 294 g/mol. The number of rotatable bonds is 4. The van der Waals surface area contributed by atoms with Crippen molar-refractivity contribution in [3.63, 3.8) is 0 Å². The van der Waals surface area contributed by atoms with E-state index < -0.39 is 0 Å². The Morgan fingerprint density at radius 3 is 2.57 bits per heavy atom. The van der Waals surface area contributed by atoms with Crippen molar-refractivity contribution in [1.29, 1.82) is 0 Å². The molecule has 3 aliphatic rings. The van der Waals surface area contributed by atoms with Crippen LogP contribution < -0.4 is 0 Å². The van der Waals surface area contributed by atoms with E-state index in [4.69, 9.17) is 0 Å². The van der Waals surface area contributed by atoms with E-state index in [1.807, 2.05) is 0 Å². The smallest absolute Gasteiger partial charge is 0.223 e. The highest BCUT2D eigenvalue weighted by Crippen LogP contribution is 2.37. The number of aliphatic hydroxyl groups excluding tert-OH is 1. The van der Waals surface area contributed by atoms with E-state index in [0.29, 0.717) is 24.3 Å². The van der Waals surface area contributed by atoms with Gasteiger partial charge in [-0.3, -0.25) is 9.69 Å². The Balaban J connectivity index is 1.71. The van der Waals surface area contributed by atoms with E-state index in [-0.39, 0.29) is 18.6 Å². The van der Waals surface area contributed by atoms with Gasteiger partial charge in [0.1, 0.15) is 0 Å². The van der Waals surface area contributed by atoms with E-state index in [0.717, 1.165) is 32.0 Å². The van der Waals surface area contributed by atoms with Crippen molar-refractivity contribution >= 4 is 5.91 Å². The van der Waals surface area contributed by atoms with Gasteiger partial charge in [-0.15, -0.1) is 0 Å². The average Bonchev–Trinajstić information content (AvgIpc) is 2.40. The first-order chi connectivity index (χ1) is 10.1. The van der Waals surface area contributed by atoms with Crippen molar-refractivity contribution in [3.05, 3.63) is 0 Å². The second-order valence-corrected chi connectivity index (χ2v) is 7.53. The Kier molecular flexibility index (Phi) is 4.55. The summed E-state index contributed by atoms with van der Waals surface area (Å²) in [5.74, 6) is 1.20. The Bertz CT molecular complexity index is 381. The first kappa shape index (κ1) is 15.3. The highest BCUT2D eigenvalue weighted by atomic mass is 16.3. The van der Waals surface area contributed by atoms with Crippen LogP contribution in [-0.4, -0.2) is 58.6 Å². The molecule has 4 heteroatoms. The van der Waals surface area contributed by atoms with Crippen molar-refractivity contribution in [2.24, 2.45) is 11.8 Å². The van der Waals surface area contributed by atoms with E-state index >= 15 is 0 Å². The fraction of sp³-hybridized carbons (Fsp3) is 0.941. The number of hydrogen-bond acceptors (Lipinski definition) is 3. The maximum Gasteiger partial charge on any atom is 0.223 e. The highest BCUT2D eigenvalue weighted by molar-refractivity contribution is 5.78. The van der Waals surface area contributed by atoms with Gasteiger partial charge in [-0.1, -0.05) is 20.3 Å². The normalized spacial score (nSPS) is 33.0. The zero-order chi connectivity index (χ0) is 15.0. The van der Waals surface area contributed by atoms with E-state index in [9.17, 15) is 9.90 Å². The summed E-state index contributed by atoms with van der Waals surface area (Å²) in [6.45, 7) is 6.61. The van der Waals surface area contributed by atoms with Gasteiger partial charge in [-0.2, -0.15) is 0 Å². The number of amides is 1. The SMILES string of the molecule is CC(C)[C@@H](CO)N1C(=O)CC[C@@H]2CN(C3CCC3)CC[C@@H]21. The zero-order valence-corrected chi connectivity index (χ0v) is 13.5. The van der Waals surface area contributed by atoms with Gasteiger partial charge in [0.25, 0.3) is 0 Å². The minimum atomic E-state index is 0.000512. The second-order valence-electron chi connectivity index (χ2n) is 7.53.